The van der Waals surface area contributed by atoms with Crippen molar-refractivity contribution in [2.24, 2.45) is 5.50 Å². The monoisotopic (exact) mass is 202 g/mol. The molecule has 0 rings (SSSR count). The van der Waals surface area contributed by atoms with Gasteiger partial charge < -0.3 is 9.79 Å². The summed E-state index contributed by atoms with van der Waals surface area (Å²) in [4.78, 5) is 19.0. The summed E-state index contributed by atoms with van der Waals surface area (Å²) in [5, 5.41) is 0. The van der Waals surface area contributed by atoms with Crippen molar-refractivity contribution in [1.82, 2.24) is 4.86 Å². The maximum atomic E-state index is 11.0. The summed E-state index contributed by atoms with van der Waals surface area (Å²) < 4.78 is 21.4. The molecule has 8 heteroatoms. The fourth-order valence-electron chi connectivity index (χ4n) is 0.321. The normalized spacial score (nSPS) is 22.7. The van der Waals surface area contributed by atoms with Crippen LogP contribution in [0.2, 0.25) is 0 Å². The summed E-state index contributed by atoms with van der Waals surface area (Å²) in [6, 6.07) is 0. The van der Waals surface area contributed by atoms with Crippen LogP contribution in [0.1, 0.15) is 13.8 Å². The minimum atomic E-state index is -4.10. The van der Waals surface area contributed by atoms with E-state index in [0.717, 1.165) is 0 Å². The van der Waals surface area contributed by atoms with E-state index in [1.807, 2.05) is 0 Å². The third kappa shape index (κ3) is 4.69. The summed E-state index contributed by atoms with van der Waals surface area (Å²) >= 11 is 0. The Morgan fingerprint density at radius 1 is 1.36 bits per heavy atom. The average Bonchev–Trinajstić information content (AvgIpc) is 1.56. The summed E-state index contributed by atoms with van der Waals surface area (Å²) in [5.74, 6) is 0. The minimum Gasteiger partial charge on any atom is -0.333 e. The lowest BCUT2D eigenvalue weighted by atomic mass is 10.6. The van der Waals surface area contributed by atoms with Crippen molar-refractivity contribution in [2.75, 3.05) is 0 Å². The van der Waals surface area contributed by atoms with Crippen LogP contribution in [0.25, 0.3) is 0 Å². The zero-order valence-electron chi connectivity index (χ0n) is 6.26. The highest BCUT2D eigenvalue weighted by atomic mass is 31.2. The molecule has 68 valence electrons. The molecule has 0 aliphatic carbocycles. The molecule has 0 aromatic carbocycles. The van der Waals surface area contributed by atoms with E-state index in [4.69, 9.17) is 9.79 Å². The molecule has 0 aliphatic rings. The Morgan fingerprint density at radius 3 is 1.82 bits per heavy atom. The van der Waals surface area contributed by atoms with Crippen molar-refractivity contribution < 1.29 is 18.9 Å². The molecular formula is C3H12N2O4P2. The van der Waals surface area contributed by atoms with Crippen LogP contribution < -0.4 is 10.4 Å². The van der Waals surface area contributed by atoms with Crippen LogP contribution in [0.3, 0.4) is 0 Å². The van der Waals surface area contributed by atoms with Gasteiger partial charge in [-0.05, 0) is 0 Å². The first kappa shape index (κ1) is 11.3. The molecule has 0 fully saturated rings. The molecule has 0 saturated carbocycles. The average molecular weight is 202 g/mol. The first-order valence-corrected chi connectivity index (χ1v) is 6.34. The predicted molar refractivity (Wildman–Crippen MR) is 42.1 cm³/mol. The Balaban J connectivity index is 4.39. The Hall–Kier alpha value is 0.300. The second kappa shape index (κ2) is 3.35. The lowest BCUT2D eigenvalue weighted by Gasteiger charge is -2.17. The van der Waals surface area contributed by atoms with Crippen LogP contribution in [-0.2, 0) is 9.13 Å². The van der Waals surface area contributed by atoms with Gasteiger partial charge >= 0.3 is 7.67 Å². The van der Waals surface area contributed by atoms with Gasteiger partial charge in [-0.2, -0.15) is 4.86 Å². The zero-order valence-corrected chi connectivity index (χ0v) is 8.05. The quantitative estimate of drug-likeness (QED) is 0.487. The maximum Gasteiger partial charge on any atom is 0.343 e. The second-order valence-corrected chi connectivity index (χ2v) is 6.76. The van der Waals surface area contributed by atoms with Crippen molar-refractivity contribution >= 4 is 15.2 Å². The number of nitrogens with one attached hydrogen (secondary N) is 1. The van der Waals surface area contributed by atoms with Gasteiger partial charge in [0.05, 0.1) is 0 Å². The molecule has 0 amide bonds. The molecule has 6 nitrogen and oxygen atoms in total. The van der Waals surface area contributed by atoms with Crippen molar-refractivity contribution in [3.05, 3.63) is 0 Å². The van der Waals surface area contributed by atoms with Gasteiger partial charge in [0.1, 0.15) is 0 Å². The number of hydrogen-bond donors (Lipinski definition) is 4. The number of hydrogen-bond acceptors (Lipinski definition) is 2. The number of rotatable bonds is 3. The fourth-order valence-corrected chi connectivity index (χ4v) is 2.89. The molecule has 0 heterocycles. The molecule has 11 heavy (non-hydrogen) atoms. The Bertz CT molecular complexity index is 221. The van der Waals surface area contributed by atoms with Gasteiger partial charge in [-0.3, -0.25) is 9.13 Å². The first-order valence-electron chi connectivity index (χ1n) is 2.88. The predicted octanol–water partition coefficient (Wildman–Crippen LogP) is 0.229. The minimum absolute atomic E-state index is 0.633. The third-order valence-electron chi connectivity index (χ3n) is 0.987. The summed E-state index contributed by atoms with van der Waals surface area (Å²) in [7, 11) is -7.88. The Labute approximate surface area is 64.9 Å². The van der Waals surface area contributed by atoms with Crippen LogP contribution in [-0.4, -0.2) is 15.4 Å². The van der Waals surface area contributed by atoms with Crippen LogP contribution in [0.5, 0.6) is 0 Å². The molecule has 5 N–H and O–H groups in total. The Morgan fingerprint density at radius 2 is 1.73 bits per heavy atom. The van der Waals surface area contributed by atoms with E-state index < -0.39 is 20.8 Å². The van der Waals surface area contributed by atoms with Gasteiger partial charge in [-0.1, -0.05) is 13.8 Å². The smallest absolute Gasteiger partial charge is 0.333 e. The fraction of sp³-hybridized carbons (Fsp3) is 1.00. The molecule has 0 aromatic rings. The second-order valence-electron chi connectivity index (χ2n) is 2.44. The van der Waals surface area contributed by atoms with Gasteiger partial charge in [0.2, 0.25) is 0 Å². The molecule has 0 bridgehead atoms. The molecule has 2 unspecified atom stereocenters. The number of nitrogens with two attached hydrogens (primary N) is 1. The maximum absolute atomic E-state index is 11.0. The van der Waals surface area contributed by atoms with Crippen LogP contribution in [0, 0.1) is 0 Å². The van der Waals surface area contributed by atoms with Gasteiger partial charge in [-0.25, -0.2) is 5.50 Å². The SMILES string of the molecule is CC(C)P(=O)(O)NP(N)(=O)O. The summed E-state index contributed by atoms with van der Waals surface area (Å²) in [6.07, 6.45) is 0. The van der Waals surface area contributed by atoms with E-state index in [9.17, 15) is 9.13 Å². The third-order valence-corrected chi connectivity index (χ3v) is 4.68. The molecule has 0 spiro atoms. The molecule has 0 saturated heterocycles. The highest BCUT2D eigenvalue weighted by molar-refractivity contribution is 7.70. The molecule has 2 atom stereocenters. The Kier molecular flexibility index (Phi) is 3.44. The van der Waals surface area contributed by atoms with E-state index in [1.54, 1.807) is 4.86 Å². The largest absolute Gasteiger partial charge is 0.343 e. The summed E-state index contributed by atoms with van der Waals surface area (Å²) in [6.45, 7) is 2.90. The van der Waals surface area contributed by atoms with E-state index in [1.165, 1.54) is 13.8 Å². The zero-order chi connectivity index (χ0) is 9.28. The standard InChI is InChI=1S/C3H12N2O4P2/c1-3(2)10(6,7)5-11(4,8)9/h3H,1-2H3,(H5,4,5,6,7,8,9). The summed E-state index contributed by atoms with van der Waals surface area (Å²) in [5.41, 5.74) is 3.99. The van der Waals surface area contributed by atoms with Crippen LogP contribution in [0.4, 0.5) is 0 Å². The van der Waals surface area contributed by atoms with Crippen molar-refractivity contribution in [2.45, 2.75) is 19.5 Å². The van der Waals surface area contributed by atoms with Gasteiger partial charge in [-0.15, -0.1) is 0 Å². The van der Waals surface area contributed by atoms with Crippen LogP contribution >= 0.6 is 15.2 Å². The van der Waals surface area contributed by atoms with Crippen molar-refractivity contribution in [1.29, 1.82) is 0 Å². The topological polar surface area (TPSA) is 113 Å². The van der Waals surface area contributed by atoms with Gasteiger partial charge in [0.15, 0.2) is 0 Å². The first-order chi connectivity index (χ1) is 4.65. The van der Waals surface area contributed by atoms with E-state index in [2.05, 4.69) is 5.50 Å². The lowest BCUT2D eigenvalue weighted by Crippen LogP contribution is -2.17. The van der Waals surface area contributed by atoms with Gasteiger partial charge in [0, 0.05) is 5.66 Å². The molecule has 0 radical (unpaired) electrons. The molecule has 0 aliphatic heterocycles. The highest BCUT2D eigenvalue weighted by Crippen LogP contribution is 2.49. The van der Waals surface area contributed by atoms with E-state index >= 15 is 0 Å². The molecular weight excluding hydrogens is 190 g/mol. The molecule has 0 aromatic heterocycles. The van der Waals surface area contributed by atoms with Crippen molar-refractivity contribution in [3.63, 3.8) is 0 Å². The van der Waals surface area contributed by atoms with E-state index in [0.29, 0.717) is 0 Å². The van der Waals surface area contributed by atoms with E-state index in [-0.39, 0.29) is 0 Å². The lowest BCUT2D eigenvalue weighted by molar-refractivity contribution is 0.445. The van der Waals surface area contributed by atoms with Crippen LogP contribution in [0.15, 0.2) is 0 Å². The van der Waals surface area contributed by atoms with Crippen molar-refractivity contribution in [3.8, 4) is 0 Å². The van der Waals surface area contributed by atoms with Gasteiger partial charge in [0.25, 0.3) is 7.52 Å². The highest BCUT2D eigenvalue weighted by Gasteiger charge is 2.29.